The monoisotopic (exact) mass is 361 g/mol. The molecule has 138 valence electrons. The van der Waals surface area contributed by atoms with E-state index >= 15 is 0 Å². The molecule has 0 fully saturated rings. The van der Waals surface area contributed by atoms with Crippen LogP contribution in [0.1, 0.15) is 37.0 Å². The number of benzene rings is 3. The Morgan fingerprint density at radius 1 is 0.963 bits per heavy atom. The minimum Gasteiger partial charge on any atom is -0.388 e. The maximum atomic E-state index is 12.3. The number of hydrogen-bond donors (Lipinski definition) is 2. The van der Waals surface area contributed by atoms with Gasteiger partial charge in [-0.2, -0.15) is 0 Å². The summed E-state index contributed by atoms with van der Waals surface area (Å²) in [5.41, 5.74) is 2.55. The highest BCUT2D eigenvalue weighted by Crippen LogP contribution is 2.23. The number of aryl methyl sites for hydroxylation is 1. The highest BCUT2D eigenvalue weighted by Gasteiger charge is 2.10. The highest BCUT2D eigenvalue weighted by molar-refractivity contribution is 6.02. The van der Waals surface area contributed by atoms with Crippen LogP contribution in [0.2, 0.25) is 0 Å². The molecule has 3 aromatic carbocycles. The molecule has 0 saturated carbocycles. The van der Waals surface area contributed by atoms with Crippen LogP contribution in [-0.2, 0) is 16.0 Å². The molecule has 1 unspecified atom stereocenters. The number of anilines is 1. The standard InChI is InChI=1S/C23H23NO3/c1-16(25)15-22(26)19-12-9-17(10-13-19)11-14-23(27)24-21-8-4-6-18-5-2-3-7-20(18)21/h2-10,12-13,22,26H,11,14-15H2,1H3,(H,24,27). The van der Waals surface area contributed by atoms with Gasteiger partial charge in [-0.05, 0) is 35.9 Å². The number of fused-ring (bicyclic) bond motifs is 1. The maximum absolute atomic E-state index is 12.3. The fourth-order valence-corrected chi connectivity index (χ4v) is 3.10. The second-order valence-electron chi connectivity index (χ2n) is 6.74. The second-order valence-corrected chi connectivity index (χ2v) is 6.74. The molecule has 2 N–H and O–H groups in total. The van der Waals surface area contributed by atoms with Gasteiger partial charge in [0.2, 0.25) is 5.91 Å². The average Bonchev–Trinajstić information content (AvgIpc) is 2.66. The molecule has 4 heteroatoms. The number of rotatable bonds is 7. The molecule has 0 aliphatic carbocycles. The maximum Gasteiger partial charge on any atom is 0.224 e. The first-order valence-electron chi connectivity index (χ1n) is 9.07. The molecule has 0 aromatic heterocycles. The van der Waals surface area contributed by atoms with Gasteiger partial charge in [-0.25, -0.2) is 0 Å². The number of carbonyl (C=O) groups excluding carboxylic acids is 2. The van der Waals surface area contributed by atoms with E-state index < -0.39 is 6.10 Å². The lowest BCUT2D eigenvalue weighted by Crippen LogP contribution is -2.12. The van der Waals surface area contributed by atoms with Gasteiger partial charge >= 0.3 is 0 Å². The third-order valence-electron chi connectivity index (χ3n) is 4.55. The van der Waals surface area contributed by atoms with E-state index in [9.17, 15) is 14.7 Å². The van der Waals surface area contributed by atoms with Crippen molar-refractivity contribution in [1.82, 2.24) is 0 Å². The predicted molar refractivity (Wildman–Crippen MR) is 108 cm³/mol. The van der Waals surface area contributed by atoms with Crippen molar-refractivity contribution in [3.05, 3.63) is 77.9 Å². The van der Waals surface area contributed by atoms with E-state index in [1.54, 1.807) is 0 Å². The SMILES string of the molecule is CC(=O)CC(O)c1ccc(CCC(=O)Nc2cccc3ccccc23)cc1. The van der Waals surface area contributed by atoms with Crippen LogP contribution in [0.15, 0.2) is 66.7 Å². The molecule has 0 aliphatic rings. The molecule has 3 rings (SSSR count). The van der Waals surface area contributed by atoms with Gasteiger partial charge in [0.15, 0.2) is 0 Å². The first-order chi connectivity index (χ1) is 13.0. The Morgan fingerprint density at radius 2 is 1.67 bits per heavy atom. The van der Waals surface area contributed by atoms with Gasteiger partial charge in [-0.3, -0.25) is 9.59 Å². The zero-order chi connectivity index (χ0) is 19.2. The van der Waals surface area contributed by atoms with Crippen molar-refractivity contribution >= 4 is 28.2 Å². The number of amides is 1. The molecule has 0 spiro atoms. The lowest BCUT2D eigenvalue weighted by molar-refractivity contribution is -0.119. The van der Waals surface area contributed by atoms with Crippen molar-refractivity contribution in [2.45, 2.75) is 32.3 Å². The minimum absolute atomic E-state index is 0.0351. The molecule has 27 heavy (non-hydrogen) atoms. The molecule has 0 bridgehead atoms. The van der Waals surface area contributed by atoms with Gasteiger partial charge in [-0.15, -0.1) is 0 Å². The summed E-state index contributed by atoms with van der Waals surface area (Å²) in [6.45, 7) is 1.46. The van der Waals surface area contributed by atoms with Crippen molar-refractivity contribution < 1.29 is 14.7 Å². The van der Waals surface area contributed by atoms with Crippen LogP contribution in [0.3, 0.4) is 0 Å². The van der Waals surface area contributed by atoms with Gasteiger partial charge in [0.05, 0.1) is 6.10 Å². The average molecular weight is 361 g/mol. The van der Waals surface area contributed by atoms with Gasteiger partial charge in [-0.1, -0.05) is 60.7 Å². The fraction of sp³-hybridized carbons (Fsp3) is 0.217. The van der Waals surface area contributed by atoms with Crippen LogP contribution in [0.5, 0.6) is 0 Å². The van der Waals surface area contributed by atoms with Crippen LogP contribution in [0.4, 0.5) is 5.69 Å². The largest absolute Gasteiger partial charge is 0.388 e. The number of ketones is 1. The van der Waals surface area contributed by atoms with Crippen LogP contribution < -0.4 is 5.32 Å². The number of hydrogen-bond acceptors (Lipinski definition) is 3. The smallest absolute Gasteiger partial charge is 0.224 e. The molecule has 4 nitrogen and oxygen atoms in total. The Morgan fingerprint density at radius 3 is 2.41 bits per heavy atom. The number of aliphatic hydroxyl groups excluding tert-OH is 1. The predicted octanol–water partition coefficient (Wildman–Crippen LogP) is 4.42. The zero-order valence-electron chi connectivity index (χ0n) is 15.3. The van der Waals surface area contributed by atoms with Gasteiger partial charge in [0, 0.05) is 23.9 Å². The lowest BCUT2D eigenvalue weighted by Gasteiger charge is -2.11. The summed E-state index contributed by atoms with van der Waals surface area (Å²) in [5, 5.41) is 15.1. The summed E-state index contributed by atoms with van der Waals surface area (Å²) in [4.78, 5) is 23.4. The van der Waals surface area contributed by atoms with E-state index in [0.29, 0.717) is 18.4 Å². The Hall–Kier alpha value is -2.98. The van der Waals surface area contributed by atoms with Crippen LogP contribution in [-0.4, -0.2) is 16.8 Å². The van der Waals surface area contributed by atoms with Crippen molar-refractivity contribution in [3.8, 4) is 0 Å². The van der Waals surface area contributed by atoms with Gasteiger partial charge in [0.1, 0.15) is 5.78 Å². The summed E-state index contributed by atoms with van der Waals surface area (Å²) in [5.74, 6) is -0.0799. The van der Waals surface area contributed by atoms with Crippen molar-refractivity contribution in [3.63, 3.8) is 0 Å². The number of nitrogens with one attached hydrogen (secondary N) is 1. The second kappa shape index (κ2) is 8.60. The van der Waals surface area contributed by atoms with Gasteiger partial charge < -0.3 is 10.4 Å². The Labute approximate surface area is 158 Å². The fourth-order valence-electron chi connectivity index (χ4n) is 3.10. The van der Waals surface area contributed by atoms with E-state index in [1.165, 1.54) is 6.92 Å². The first kappa shape index (κ1) is 18.8. The summed E-state index contributed by atoms with van der Waals surface area (Å²) in [7, 11) is 0. The molecular formula is C23H23NO3. The first-order valence-corrected chi connectivity index (χ1v) is 9.07. The topological polar surface area (TPSA) is 66.4 Å². The molecule has 0 heterocycles. The van der Waals surface area contributed by atoms with E-state index in [1.807, 2.05) is 66.7 Å². The molecule has 1 atom stereocenters. The zero-order valence-corrected chi connectivity index (χ0v) is 15.3. The Kier molecular flexibility index (Phi) is 5.99. The normalized spacial score (nSPS) is 11.9. The third-order valence-corrected chi connectivity index (χ3v) is 4.55. The summed E-state index contributed by atoms with van der Waals surface area (Å²) in [6, 6.07) is 21.2. The summed E-state index contributed by atoms with van der Waals surface area (Å²) >= 11 is 0. The van der Waals surface area contributed by atoms with Crippen LogP contribution in [0.25, 0.3) is 10.8 Å². The summed E-state index contributed by atoms with van der Waals surface area (Å²) in [6.07, 6.45) is 0.330. The lowest BCUT2D eigenvalue weighted by atomic mass is 10.0. The molecule has 1 amide bonds. The molecule has 3 aromatic rings. The van der Waals surface area contributed by atoms with Crippen molar-refractivity contribution in [1.29, 1.82) is 0 Å². The van der Waals surface area contributed by atoms with E-state index in [4.69, 9.17) is 0 Å². The molecule has 0 saturated heterocycles. The van der Waals surface area contributed by atoms with E-state index in [-0.39, 0.29) is 18.1 Å². The van der Waals surface area contributed by atoms with E-state index in [0.717, 1.165) is 22.0 Å². The summed E-state index contributed by atoms with van der Waals surface area (Å²) < 4.78 is 0. The van der Waals surface area contributed by atoms with Crippen LogP contribution >= 0.6 is 0 Å². The Balaban J connectivity index is 1.58. The minimum atomic E-state index is -0.772. The molecule has 0 aliphatic heterocycles. The number of carbonyl (C=O) groups is 2. The highest BCUT2D eigenvalue weighted by atomic mass is 16.3. The van der Waals surface area contributed by atoms with E-state index in [2.05, 4.69) is 5.32 Å². The van der Waals surface area contributed by atoms with Gasteiger partial charge in [0.25, 0.3) is 0 Å². The molecule has 0 radical (unpaired) electrons. The number of aliphatic hydroxyl groups is 1. The third kappa shape index (κ3) is 5.02. The quantitative estimate of drug-likeness (QED) is 0.654. The Bertz CT molecular complexity index is 942. The van der Waals surface area contributed by atoms with Crippen molar-refractivity contribution in [2.75, 3.05) is 5.32 Å². The molecular weight excluding hydrogens is 338 g/mol. The van der Waals surface area contributed by atoms with Crippen molar-refractivity contribution in [2.24, 2.45) is 0 Å². The number of Topliss-reactive ketones (excluding diaryl/α,β-unsaturated/α-hetero) is 1. The van der Waals surface area contributed by atoms with Crippen LogP contribution in [0, 0.1) is 0 Å².